The summed E-state index contributed by atoms with van der Waals surface area (Å²) in [6.07, 6.45) is 2.65. The van der Waals surface area contributed by atoms with Gasteiger partial charge in [0.2, 0.25) is 0 Å². The highest BCUT2D eigenvalue weighted by atomic mass is 14.5. The van der Waals surface area contributed by atoms with Crippen LogP contribution in [0.25, 0.3) is 0 Å². The van der Waals surface area contributed by atoms with Gasteiger partial charge in [0.1, 0.15) is 0 Å². The molecule has 11 heavy (non-hydrogen) atoms. The molecular weight excluding hydrogens is 132 g/mol. The van der Waals surface area contributed by atoms with Crippen molar-refractivity contribution in [3.63, 3.8) is 0 Å². The Morgan fingerprint density at radius 3 is 1.91 bits per heavy atom. The fraction of sp³-hybridized carbons (Fsp3) is 0.818. The van der Waals surface area contributed by atoms with Crippen LogP contribution in [0.15, 0.2) is 0 Å². The maximum Gasteiger partial charge on any atom is 0.0338 e. The van der Waals surface area contributed by atoms with E-state index in [-0.39, 0.29) is 0 Å². The van der Waals surface area contributed by atoms with Crippen LogP contribution in [0.5, 0.6) is 0 Å². The van der Waals surface area contributed by atoms with E-state index in [1.165, 1.54) is 12.8 Å². The van der Waals surface area contributed by atoms with E-state index in [4.69, 9.17) is 0 Å². The Bertz CT molecular complexity index is 184. The van der Waals surface area contributed by atoms with E-state index in [0.29, 0.717) is 11.3 Å². The summed E-state index contributed by atoms with van der Waals surface area (Å²) in [6.45, 7) is 8.87. The van der Waals surface area contributed by atoms with Gasteiger partial charge < -0.3 is 0 Å². The fourth-order valence-electron chi connectivity index (χ4n) is 1.27. The van der Waals surface area contributed by atoms with Crippen molar-refractivity contribution in [2.45, 2.75) is 40.5 Å². The van der Waals surface area contributed by atoms with Crippen LogP contribution < -0.4 is 0 Å². The quantitative estimate of drug-likeness (QED) is 0.504. The van der Waals surface area contributed by atoms with Crippen molar-refractivity contribution in [1.29, 1.82) is 0 Å². The van der Waals surface area contributed by atoms with Crippen molar-refractivity contribution < 1.29 is 0 Å². The van der Waals surface area contributed by atoms with Gasteiger partial charge in [0, 0.05) is 11.3 Å². The first kappa shape index (κ1) is 8.65. The summed E-state index contributed by atoms with van der Waals surface area (Å²) in [4.78, 5) is 0. The number of rotatable bonds is 1. The highest BCUT2D eigenvalue weighted by Crippen LogP contribution is 2.51. The molecule has 0 aliphatic heterocycles. The minimum atomic E-state index is 0.421. The van der Waals surface area contributed by atoms with Crippen molar-refractivity contribution in [3.8, 4) is 11.8 Å². The van der Waals surface area contributed by atoms with Crippen LogP contribution in [-0.2, 0) is 0 Å². The highest BCUT2D eigenvalue weighted by molar-refractivity contribution is 5.21. The third-order valence-corrected chi connectivity index (χ3v) is 2.50. The molecule has 0 saturated heterocycles. The van der Waals surface area contributed by atoms with Crippen LogP contribution >= 0.6 is 0 Å². The van der Waals surface area contributed by atoms with Crippen LogP contribution in [0.4, 0.5) is 0 Å². The molecule has 0 aromatic heterocycles. The number of hydrogen-bond donors (Lipinski definition) is 0. The second-order valence-corrected chi connectivity index (χ2v) is 4.23. The van der Waals surface area contributed by atoms with E-state index in [1.54, 1.807) is 0 Å². The van der Waals surface area contributed by atoms with Crippen LogP contribution in [0.3, 0.4) is 0 Å². The zero-order valence-electron chi connectivity index (χ0n) is 8.07. The van der Waals surface area contributed by atoms with E-state index in [0.717, 1.165) is 5.92 Å². The average molecular weight is 150 g/mol. The molecular formula is C11H18. The molecule has 1 aliphatic rings. The lowest BCUT2D eigenvalue weighted by Gasteiger charge is -2.11. The van der Waals surface area contributed by atoms with Crippen molar-refractivity contribution in [2.75, 3.05) is 0 Å². The standard InChI is InChI=1S/C11H18/c1-9(2)5-6-11(7-8-11)10(3)4/h9-10H,7-8H2,1-4H3. The van der Waals surface area contributed by atoms with Crippen molar-refractivity contribution in [1.82, 2.24) is 0 Å². The molecule has 1 saturated carbocycles. The normalized spacial score (nSPS) is 19.8. The molecule has 1 fully saturated rings. The lowest BCUT2D eigenvalue weighted by atomic mass is 9.93. The second kappa shape index (κ2) is 2.89. The molecule has 0 spiro atoms. The van der Waals surface area contributed by atoms with E-state index in [1.807, 2.05) is 0 Å². The molecule has 0 radical (unpaired) electrons. The predicted octanol–water partition coefficient (Wildman–Crippen LogP) is 3.08. The van der Waals surface area contributed by atoms with Gasteiger partial charge in [-0.15, -0.1) is 0 Å². The Balaban J connectivity index is 2.56. The van der Waals surface area contributed by atoms with E-state index in [2.05, 4.69) is 39.5 Å². The molecule has 0 atom stereocenters. The monoisotopic (exact) mass is 150 g/mol. The van der Waals surface area contributed by atoms with Gasteiger partial charge in [-0.1, -0.05) is 39.5 Å². The molecule has 0 aromatic carbocycles. The van der Waals surface area contributed by atoms with Crippen LogP contribution in [0.1, 0.15) is 40.5 Å². The van der Waals surface area contributed by atoms with Crippen molar-refractivity contribution in [3.05, 3.63) is 0 Å². The van der Waals surface area contributed by atoms with Gasteiger partial charge in [-0.05, 0) is 18.8 Å². The first-order chi connectivity index (χ1) is 5.07. The van der Waals surface area contributed by atoms with E-state index in [9.17, 15) is 0 Å². The average Bonchev–Trinajstić information content (AvgIpc) is 2.63. The third kappa shape index (κ3) is 1.99. The Morgan fingerprint density at radius 1 is 1.09 bits per heavy atom. The van der Waals surface area contributed by atoms with Crippen LogP contribution in [-0.4, -0.2) is 0 Å². The Kier molecular flexibility index (Phi) is 2.28. The topological polar surface area (TPSA) is 0 Å². The zero-order chi connectivity index (χ0) is 8.48. The maximum absolute atomic E-state index is 3.42. The maximum atomic E-state index is 3.42. The molecule has 1 rings (SSSR count). The number of hydrogen-bond acceptors (Lipinski definition) is 0. The van der Waals surface area contributed by atoms with Crippen molar-refractivity contribution >= 4 is 0 Å². The Hall–Kier alpha value is -0.440. The highest BCUT2D eigenvalue weighted by Gasteiger charge is 2.43. The first-order valence-electron chi connectivity index (χ1n) is 4.59. The molecule has 62 valence electrons. The largest absolute Gasteiger partial charge is 0.0999 e. The van der Waals surface area contributed by atoms with Crippen LogP contribution in [0.2, 0.25) is 0 Å². The minimum Gasteiger partial charge on any atom is -0.0999 e. The predicted molar refractivity (Wildman–Crippen MR) is 49.1 cm³/mol. The van der Waals surface area contributed by atoms with Gasteiger partial charge in [-0.2, -0.15) is 0 Å². The van der Waals surface area contributed by atoms with Gasteiger partial charge >= 0.3 is 0 Å². The first-order valence-corrected chi connectivity index (χ1v) is 4.59. The lowest BCUT2D eigenvalue weighted by Crippen LogP contribution is -2.06. The smallest absolute Gasteiger partial charge is 0.0338 e. The lowest BCUT2D eigenvalue weighted by molar-refractivity contribution is 0.463. The summed E-state index contributed by atoms with van der Waals surface area (Å²) in [7, 11) is 0. The summed E-state index contributed by atoms with van der Waals surface area (Å²) >= 11 is 0. The molecule has 1 aliphatic carbocycles. The summed E-state index contributed by atoms with van der Waals surface area (Å²) in [6, 6.07) is 0. The molecule has 0 N–H and O–H groups in total. The van der Waals surface area contributed by atoms with Gasteiger partial charge in [0.15, 0.2) is 0 Å². The van der Waals surface area contributed by atoms with E-state index < -0.39 is 0 Å². The minimum absolute atomic E-state index is 0.421. The van der Waals surface area contributed by atoms with Gasteiger partial charge in [0.25, 0.3) is 0 Å². The van der Waals surface area contributed by atoms with Gasteiger partial charge in [0.05, 0.1) is 0 Å². The van der Waals surface area contributed by atoms with Gasteiger partial charge in [-0.3, -0.25) is 0 Å². The molecule has 0 nitrogen and oxygen atoms in total. The van der Waals surface area contributed by atoms with Gasteiger partial charge in [-0.25, -0.2) is 0 Å². The van der Waals surface area contributed by atoms with Crippen LogP contribution in [0, 0.1) is 29.1 Å². The summed E-state index contributed by atoms with van der Waals surface area (Å²) in [5, 5.41) is 0. The van der Waals surface area contributed by atoms with E-state index >= 15 is 0 Å². The SMILES string of the molecule is CC(C)C#CC1(C(C)C)CC1. The Labute approximate surface area is 70.4 Å². The summed E-state index contributed by atoms with van der Waals surface area (Å²) in [5.41, 5.74) is 0.421. The zero-order valence-corrected chi connectivity index (χ0v) is 8.07. The molecule has 0 unspecified atom stereocenters. The summed E-state index contributed by atoms with van der Waals surface area (Å²) < 4.78 is 0. The molecule has 0 heterocycles. The molecule has 0 heteroatoms. The molecule has 0 bridgehead atoms. The summed E-state index contributed by atoms with van der Waals surface area (Å²) in [5.74, 6) is 7.98. The second-order valence-electron chi connectivity index (χ2n) is 4.23. The fourth-order valence-corrected chi connectivity index (χ4v) is 1.27. The Morgan fingerprint density at radius 2 is 1.64 bits per heavy atom. The third-order valence-electron chi connectivity index (χ3n) is 2.50. The molecule has 0 amide bonds. The molecule has 0 aromatic rings. The van der Waals surface area contributed by atoms with Crippen molar-refractivity contribution in [2.24, 2.45) is 17.3 Å².